The van der Waals surface area contributed by atoms with Crippen LogP contribution in [-0.4, -0.2) is 6.61 Å². The van der Waals surface area contributed by atoms with Crippen LogP contribution in [0.25, 0.3) is 0 Å². The summed E-state index contributed by atoms with van der Waals surface area (Å²) in [6, 6.07) is 12.7. The van der Waals surface area contributed by atoms with Crippen molar-refractivity contribution < 1.29 is 13.5 Å². The van der Waals surface area contributed by atoms with Crippen LogP contribution in [0, 0.1) is 6.92 Å². The third kappa shape index (κ3) is 3.84. The van der Waals surface area contributed by atoms with Crippen molar-refractivity contribution in [3.63, 3.8) is 0 Å². The SMILES string of the molecule is Cc1ccccc1CNc1ccc(OC(F)F)c(Cl)c1. The molecule has 0 fully saturated rings. The molecule has 0 spiro atoms. The number of ether oxygens (including phenoxy) is 1. The van der Waals surface area contributed by atoms with Crippen LogP contribution in [-0.2, 0) is 6.54 Å². The monoisotopic (exact) mass is 297 g/mol. The smallest absolute Gasteiger partial charge is 0.387 e. The quantitative estimate of drug-likeness (QED) is 0.851. The molecule has 0 heterocycles. The number of halogens is 3. The second-order valence-corrected chi connectivity index (χ2v) is 4.71. The number of hydrogen-bond donors (Lipinski definition) is 1. The summed E-state index contributed by atoms with van der Waals surface area (Å²) in [4.78, 5) is 0. The Hall–Kier alpha value is -1.81. The number of aryl methyl sites for hydroxylation is 1. The highest BCUT2D eigenvalue weighted by atomic mass is 35.5. The van der Waals surface area contributed by atoms with Gasteiger partial charge in [-0.25, -0.2) is 0 Å². The molecule has 1 N–H and O–H groups in total. The van der Waals surface area contributed by atoms with Gasteiger partial charge >= 0.3 is 6.61 Å². The number of alkyl halides is 2. The average Bonchev–Trinajstić information content (AvgIpc) is 2.40. The molecule has 20 heavy (non-hydrogen) atoms. The second-order valence-electron chi connectivity index (χ2n) is 4.30. The van der Waals surface area contributed by atoms with Crippen molar-refractivity contribution in [2.45, 2.75) is 20.1 Å². The van der Waals surface area contributed by atoms with E-state index in [1.807, 2.05) is 31.2 Å². The third-order valence-electron chi connectivity index (χ3n) is 2.89. The number of hydrogen-bond acceptors (Lipinski definition) is 2. The molecule has 0 aliphatic carbocycles. The van der Waals surface area contributed by atoms with Crippen LogP contribution < -0.4 is 10.1 Å². The molecular formula is C15H14ClF2NO. The Balaban J connectivity index is 2.04. The molecule has 0 saturated carbocycles. The summed E-state index contributed by atoms with van der Waals surface area (Å²) in [5.74, 6) is -0.0249. The minimum atomic E-state index is -2.88. The van der Waals surface area contributed by atoms with E-state index in [0.717, 1.165) is 11.3 Å². The topological polar surface area (TPSA) is 21.3 Å². The maximum absolute atomic E-state index is 12.1. The molecule has 0 radical (unpaired) electrons. The van der Waals surface area contributed by atoms with E-state index in [0.29, 0.717) is 6.54 Å². The highest BCUT2D eigenvalue weighted by Crippen LogP contribution is 2.29. The van der Waals surface area contributed by atoms with Crippen molar-refractivity contribution in [2.75, 3.05) is 5.32 Å². The molecule has 2 nitrogen and oxygen atoms in total. The molecule has 0 saturated heterocycles. The maximum Gasteiger partial charge on any atom is 0.387 e. The maximum atomic E-state index is 12.1. The lowest BCUT2D eigenvalue weighted by Gasteiger charge is -2.11. The Morgan fingerprint density at radius 2 is 1.95 bits per heavy atom. The van der Waals surface area contributed by atoms with Crippen LogP contribution in [0.15, 0.2) is 42.5 Å². The molecule has 0 aliphatic heterocycles. The number of benzene rings is 2. The van der Waals surface area contributed by atoms with Crippen LogP contribution in [0.1, 0.15) is 11.1 Å². The molecule has 0 atom stereocenters. The van der Waals surface area contributed by atoms with Gasteiger partial charge in [0.05, 0.1) is 5.02 Å². The van der Waals surface area contributed by atoms with E-state index in [1.165, 1.54) is 11.6 Å². The molecule has 106 valence electrons. The van der Waals surface area contributed by atoms with Gasteiger partial charge in [-0.1, -0.05) is 35.9 Å². The zero-order valence-electron chi connectivity index (χ0n) is 10.9. The highest BCUT2D eigenvalue weighted by molar-refractivity contribution is 6.32. The summed E-state index contributed by atoms with van der Waals surface area (Å²) in [6.45, 7) is -0.208. The highest BCUT2D eigenvalue weighted by Gasteiger charge is 2.09. The van der Waals surface area contributed by atoms with E-state index in [1.54, 1.807) is 12.1 Å². The predicted molar refractivity (Wildman–Crippen MR) is 76.6 cm³/mol. The summed E-state index contributed by atoms with van der Waals surface area (Å²) in [7, 11) is 0. The van der Waals surface area contributed by atoms with Crippen LogP contribution in [0.3, 0.4) is 0 Å². The Morgan fingerprint density at radius 1 is 1.20 bits per heavy atom. The fourth-order valence-electron chi connectivity index (χ4n) is 1.81. The zero-order chi connectivity index (χ0) is 14.5. The van der Waals surface area contributed by atoms with Gasteiger partial charge in [0.1, 0.15) is 5.75 Å². The standard InChI is InChI=1S/C15H14ClF2NO/c1-10-4-2-3-5-11(10)9-19-12-6-7-14(13(16)8-12)20-15(17)18/h2-8,15,19H,9H2,1H3. The van der Waals surface area contributed by atoms with Crippen molar-refractivity contribution in [2.24, 2.45) is 0 Å². The van der Waals surface area contributed by atoms with Gasteiger partial charge in [0, 0.05) is 12.2 Å². The molecule has 0 unspecified atom stereocenters. The zero-order valence-corrected chi connectivity index (χ0v) is 11.6. The molecule has 0 aliphatic rings. The van der Waals surface area contributed by atoms with E-state index in [9.17, 15) is 8.78 Å². The minimum Gasteiger partial charge on any atom is -0.433 e. The van der Waals surface area contributed by atoms with E-state index in [2.05, 4.69) is 10.1 Å². The molecule has 2 aromatic carbocycles. The molecule has 0 bridgehead atoms. The summed E-state index contributed by atoms with van der Waals surface area (Å²) >= 11 is 5.89. The average molecular weight is 298 g/mol. The normalized spacial score (nSPS) is 10.7. The van der Waals surface area contributed by atoms with Gasteiger partial charge in [0.15, 0.2) is 0 Å². The van der Waals surface area contributed by atoms with Crippen molar-refractivity contribution in [3.05, 3.63) is 58.6 Å². The van der Waals surface area contributed by atoms with Gasteiger partial charge < -0.3 is 10.1 Å². The van der Waals surface area contributed by atoms with Crippen molar-refractivity contribution in [1.82, 2.24) is 0 Å². The summed E-state index contributed by atoms with van der Waals surface area (Å²) in [6.07, 6.45) is 0. The first-order valence-corrected chi connectivity index (χ1v) is 6.47. The molecular weight excluding hydrogens is 284 g/mol. The van der Waals surface area contributed by atoms with Crippen molar-refractivity contribution in [3.8, 4) is 5.75 Å². The van der Waals surface area contributed by atoms with Gasteiger partial charge in [-0.15, -0.1) is 0 Å². The Morgan fingerprint density at radius 3 is 2.60 bits per heavy atom. The fraction of sp³-hybridized carbons (Fsp3) is 0.200. The Labute approximate surface area is 121 Å². The first kappa shape index (κ1) is 14.6. The van der Waals surface area contributed by atoms with Gasteiger partial charge in [0.25, 0.3) is 0 Å². The van der Waals surface area contributed by atoms with Crippen LogP contribution in [0.5, 0.6) is 5.75 Å². The molecule has 5 heteroatoms. The summed E-state index contributed by atoms with van der Waals surface area (Å²) < 4.78 is 28.5. The lowest BCUT2D eigenvalue weighted by molar-refractivity contribution is -0.0497. The van der Waals surface area contributed by atoms with Crippen molar-refractivity contribution in [1.29, 1.82) is 0 Å². The minimum absolute atomic E-state index is 0.0249. The largest absolute Gasteiger partial charge is 0.433 e. The summed E-state index contributed by atoms with van der Waals surface area (Å²) in [5, 5.41) is 3.35. The first-order valence-electron chi connectivity index (χ1n) is 6.09. The Kier molecular flexibility index (Phi) is 4.79. The fourth-order valence-corrected chi connectivity index (χ4v) is 2.03. The van der Waals surface area contributed by atoms with Crippen LogP contribution in [0.4, 0.5) is 14.5 Å². The predicted octanol–water partition coefficient (Wildman–Crippen LogP) is 4.86. The van der Waals surface area contributed by atoms with E-state index < -0.39 is 6.61 Å². The molecule has 0 amide bonds. The number of anilines is 1. The van der Waals surface area contributed by atoms with E-state index in [4.69, 9.17) is 11.6 Å². The van der Waals surface area contributed by atoms with E-state index in [-0.39, 0.29) is 10.8 Å². The molecule has 2 rings (SSSR count). The third-order valence-corrected chi connectivity index (χ3v) is 3.19. The van der Waals surface area contributed by atoms with E-state index >= 15 is 0 Å². The van der Waals surface area contributed by atoms with Crippen LogP contribution in [0.2, 0.25) is 5.02 Å². The lowest BCUT2D eigenvalue weighted by Crippen LogP contribution is -2.04. The van der Waals surface area contributed by atoms with Crippen LogP contribution >= 0.6 is 11.6 Å². The lowest BCUT2D eigenvalue weighted by atomic mass is 10.1. The first-order chi connectivity index (χ1) is 9.56. The van der Waals surface area contributed by atoms with Gasteiger partial charge in [0.2, 0.25) is 0 Å². The van der Waals surface area contributed by atoms with Crippen molar-refractivity contribution >= 4 is 17.3 Å². The molecule has 0 aromatic heterocycles. The molecule has 2 aromatic rings. The summed E-state index contributed by atoms with van der Waals surface area (Å²) in [5.41, 5.74) is 3.10. The van der Waals surface area contributed by atoms with Gasteiger partial charge in [-0.3, -0.25) is 0 Å². The Bertz CT molecular complexity index is 590. The number of rotatable bonds is 5. The second kappa shape index (κ2) is 6.57. The van der Waals surface area contributed by atoms with Gasteiger partial charge in [-0.05, 0) is 36.2 Å². The van der Waals surface area contributed by atoms with Gasteiger partial charge in [-0.2, -0.15) is 8.78 Å². The number of nitrogens with one attached hydrogen (secondary N) is 1.